The average molecular weight is 534 g/mol. The summed E-state index contributed by atoms with van der Waals surface area (Å²) in [5.41, 5.74) is 2.81. The van der Waals surface area contributed by atoms with Crippen molar-refractivity contribution in [3.05, 3.63) is 101 Å². The molecule has 3 rings (SSSR count). The second kappa shape index (κ2) is 12.7. The molecule has 3 aromatic carbocycles. The van der Waals surface area contributed by atoms with Crippen LogP contribution in [0.4, 0.5) is 4.39 Å². The Hall–Kier alpha value is -3.21. The molecule has 0 fully saturated rings. The number of aliphatic carboxylic acids is 1. The molecule has 0 spiro atoms. The van der Waals surface area contributed by atoms with Crippen LogP contribution in [0.5, 0.6) is 5.75 Å². The molecular formula is C26H26FO7S2+. The van der Waals surface area contributed by atoms with E-state index in [4.69, 9.17) is 8.92 Å². The van der Waals surface area contributed by atoms with Gasteiger partial charge in [-0.3, -0.25) is 8.98 Å². The molecule has 0 saturated carbocycles. The van der Waals surface area contributed by atoms with Crippen molar-refractivity contribution >= 4 is 34.2 Å². The predicted octanol–water partition coefficient (Wildman–Crippen LogP) is 5.05. The van der Waals surface area contributed by atoms with Crippen LogP contribution in [0.2, 0.25) is 0 Å². The van der Waals surface area contributed by atoms with Gasteiger partial charge in [0.05, 0.1) is 5.56 Å². The summed E-state index contributed by atoms with van der Waals surface area (Å²) in [6.45, 7) is 0.0333. The topological polar surface area (TPSA) is 110 Å². The van der Waals surface area contributed by atoms with E-state index < -0.39 is 27.7 Å². The first-order chi connectivity index (χ1) is 17.1. The summed E-state index contributed by atoms with van der Waals surface area (Å²) < 4.78 is 43.6. The van der Waals surface area contributed by atoms with Crippen molar-refractivity contribution in [1.29, 1.82) is 0 Å². The maximum Gasteiger partial charge on any atom is 0.391 e. The summed E-state index contributed by atoms with van der Waals surface area (Å²) in [7, 11) is -3.40. The number of hydrogen-bond donors (Lipinski definition) is 2. The van der Waals surface area contributed by atoms with E-state index in [1.54, 1.807) is 24.3 Å². The van der Waals surface area contributed by atoms with Crippen molar-refractivity contribution in [3.63, 3.8) is 0 Å². The second-order valence-electron chi connectivity index (χ2n) is 8.01. The highest BCUT2D eigenvalue weighted by molar-refractivity contribution is 8.00. The average Bonchev–Trinajstić information content (AvgIpc) is 2.83. The van der Waals surface area contributed by atoms with Crippen molar-refractivity contribution in [1.82, 2.24) is 0 Å². The summed E-state index contributed by atoms with van der Waals surface area (Å²) in [6.07, 6.45) is 2.03. The lowest BCUT2D eigenvalue weighted by Gasteiger charge is -2.13. The number of carboxylic acids is 1. The lowest BCUT2D eigenvalue weighted by molar-refractivity contribution is -0.136. The first-order valence-corrected chi connectivity index (χ1v) is 13.8. The molecule has 0 amide bonds. The van der Waals surface area contributed by atoms with Crippen molar-refractivity contribution < 1.29 is 36.8 Å². The van der Waals surface area contributed by atoms with Crippen molar-refractivity contribution in [2.75, 3.05) is 12.0 Å². The lowest BCUT2D eigenvalue weighted by Crippen LogP contribution is -2.20. The van der Waals surface area contributed by atoms with Crippen LogP contribution in [-0.4, -0.2) is 38.9 Å². The SMILES string of the molecule is C[S+](=O)(O)Oc1ccc(C(=O)OCc2ccc(CC(SCCc3ccc(F)cc3)C(=O)O)cc2)cc1. The fourth-order valence-electron chi connectivity index (χ4n) is 3.23. The van der Waals surface area contributed by atoms with Crippen molar-refractivity contribution in [2.45, 2.75) is 24.7 Å². The zero-order valence-electron chi connectivity index (χ0n) is 19.5. The molecule has 0 saturated heterocycles. The minimum absolute atomic E-state index is 0.0333. The standard InChI is InChI=1S/C26H25FO7S2/c1-36(31,32)34-23-12-8-21(9-13-23)26(30)33-17-20-4-2-19(3-5-20)16-24(25(28)29)35-15-14-18-6-10-22(27)11-7-18/h2-13,24H,14-17H2,1H3,(H-,28,29,31,32)/p+1. The van der Waals surface area contributed by atoms with Gasteiger partial charge in [-0.15, -0.1) is 11.8 Å². The molecule has 7 nitrogen and oxygen atoms in total. The van der Waals surface area contributed by atoms with Gasteiger partial charge in [0, 0.05) is 0 Å². The van der Waals surface area contributed by atoms with Gasteiger partial charge in [-0.1, -0.05) is 36.4 Å². The van der Waals surface area contributed by atoms with E-state index in [-0.39, 0.29) is 23.7 Å². The van der Waals surface area contributed by atoms with Crippen molar-refractivity contribution in [2.24, 2.45) is 0 Å². The number of esters is 1. The highest BCUT2D eigenvalue weighted by Gasteiger charge is 2.20. The Morgan fingerprint density at radius 2 is 1.53 bits per heavy atom. The molecule has 0 aromatic heterocycles. The van der Waals surface area contributed by atoms with E-state index in [9.17, 15) is 27.8 Å². The maximum absolute atomic E-state index is 13.0. The van der Waals surface area contributed by atoms with Gasteiger partial charge in [-0.25, -0.2) is 9.18 Å². The number of halogens is 1. The molecule has 3 aromatic rings. The van der Waals surface area contributed by atoms with Crippen LogP contribution in [0.15, 0.2) is 72.8 Å². The largest absolute Gasteiger partial charge is 0.480 e. The Bertz CT molecular complexity index is 1210. The van der Waals surface area contributed by atoms with Crippen LogP contribution in [0.3, 0.4) is 0 Å². The highest BCUT2D eigenvalue weighted by Crippen LogP contribution is 2.20. The molecule has 190 valence electrons. The van der Waals surface area contributed by atoms with E-state index in [1.807, 2.05) is 12.1 Å². The smallest absolute Gasteiger partial charge is 0.391 e. The van der Waals surface area contributed by atoms with Crippen LogP contribution >= 0.6 is 11.8 Å². The maximum atomic E-state index is 13.0. The van der Waals surface area contributed by atoms with Gasteiger partial charge in [0.25, 0.3) is 0 Å². The summed E-state index contributed by atoms with van der Waals surface area (Å²) >= 11 is 1.34. The van der Waals surface area contributed by atoms with Gasteiger partial charge in [0.15, 0.2) is 12.0 Å². The highest BCUT2D eigenvalue weighted by atomic mass is 32.3. The van der Waals surface area contributed by atoms with E-state index in [2.05, 4.69) is 0 Å². The molecule has 0 radical (unpaired) electrons. The third-order valence-corrected chi connectivity index (χ3v) is 6.77. The lowest BCUT2D eigenvalue weighted by atomic mass is 10.1. The number of aryl methyl sites for hydroxylation is 1. The van der Waals surface area contributed by atoms with Crippen LogP contribution in [0.1, 0.15) is 27.0 Å². The predicted molar refractivity (Wildman–Crippen MR) is 137 cm³/mol. The minimum Gasteiger partial charge on any atom is -0.480 e. The summed E-state index contributed by atoms with van der Waals surface area (Å²) in [5, 5.41) is 8.97. The minimum atomic E-state index is -3.40. The molecule has 36 heavy (non-hydrogen) atoms. The molecule has 2 N–H and O–H groups in total. The number of thioether (sulfide) groups is 1. The number of benzene rings is 3. The number of carbonyl (C=O) groups is 2. The molecule has 2 unspecified atom stereocenters. The van der Waals surface area contributed by atoms with Gasteiger partial charge in [0.1, 0.15) is 17.7 Å². The van der Waals surface area contributed by atoms with Crippen LogP contribution in [0, 0.1) is 5.82 Å². The first kappa shape index (κ1) is 27.4. The monoisotopic (exact) mass is 533 g/mol. The van der Waals surface area contributed by atoms with Crippen molar-refractivity contribution in [3.8, 4) is 5.75 Å². The molecule has 0 bridgehead atoms. The Morgan fingerprint density at radius 1 is 0.944 bits per heavy atom. The molecule has 0 aliphatic rings. The second-order valence-corrected chi connectivity index (χ2v) is 11.0. The van der Waals surface area contributed by atoms with Crippen LogP contribution < -0.4 is 4.18 Å². The number of carboxylic acid groups (broad SMARTS) is 1. The van der Waals surface area contributed by atoms with E-state index >= 15 is 0 Å². The first-order valence-electron chi connectivity index (χ1n) is 10.9. The zero-order valence-corrected chi connectivity index (χ0v) is 21.1. The third-order valence-electron chi connectivity index (χ3n) is 5.05. The van der Waals surface area contributed by atoms with E-state index in [0.717, 1.165) is 22.9 Å². The Balaban J connectivity index is 1.48. The molecule has 2 atom stereocenters. The molecule has 10 heteroatoms. The Labute approximate surface area is 214 Å². The normalized spacial score (nSPS) is 13.4. The molecule has 0 heterocycles. The van der Waals surface area contributed by atoms with Gasteiger partial charge < -0.3 is 9.84 Å². The Kier molecular flexibility index (Phi) is 9.63. The summed E-state index contributed by atoms with van der Waals surface area (Å²) in [4.78, 5) is 24.0. The molecule has 0 aliphatic heterocycles. The molecular weight excluding hydrogens is 507 g/mol. The van der Waals surface area contributed by atoms with E-state index in [0.29, 0.717) is 18.6 Å². The number of carbonyl (C=O) groups excluding carboxylic acids is 1. The van der Waals surface area contributed by atoms with Gasteiger partial charge >= 0.3 is 22.4 Å². The van der Waals surface area contributed by atoms with Gasteiger partial charge in [-0.2, -0.15) is 4.55 Å². The number of hydrogen-bond acceptors (Lipinski definition) is 6. The number of ether oxygens (including phenoxy) is 1. The Morgan fingerprint density at radius 3 is 2.11 bits per heavy atom. The zero-order chi connectivity index (χ0) is 26.1. The third kappa shape index (κ3) is 9.10. The van der Waals surface area contributed by atoms with Gasteiger partial charge in [0.2, 0.25) is 0 Å². The quantitative estimate of drug-likeness (QED) is 0.246. The van der Waals surface area contributed by atoms with Crippen LogP contribution in [-0.2, 0) is 43.7 Å². The number of rotatable bonds is 12. The fourth-order valence-corrected chi connectivity index (χ4v) is 4.79. The fraction of sp³-hybridized carbons (Fsp3) is 0.231. The summed E-state index contributed by atoms with van der Waals surface area (Å²) in [5.74, 6) is -0.999. The van der Waals surface area contributed by atoms with Gasteiger partial charge in [-0.05, 0) is 75.9 Å². The van der Waals surface area contributed by atoms with Crippen LogP contribution in [0.25, 0.3) is 0 Å². The van der Waals surface area contributed by atoms with E-state index in [1.165, 1.54) is 48.2 Å². The molecule has 0 aliphatic carbocycles. The summed E-state index contributed by atoms with van der Waals surface area (Å²) in [6, 6.07) is 19.0.